The molecule has 0 saturated carbocycles. The van der Waals surface area contributed by atoms with E-state index in [4.69, 9.17) is 0 Å². The van der Waals surface area contributed by atoms with Crippen LogP contribution in [0.15, 0.2) is 46.2 Å². The zero-order chi connectivity index (χ0) is 19.3. The maximum Gasteiger partial charge on any atom is 0.446 e. The van der Waals surface area contributed by atoms with Crippen LogP contribution in [0.25, 0.3) is 21.1 Å². The first-order valence-electron chi connectivity index (χ1n) is 8.02. The molecule has 27 heavy (non-hydrogen) atoms. The van der Waals surface area contributed by atoms with Crippen molar-refractivity contribution in [3.05, 3.63) is 57.3 Å². The molecule has 0 fully saturated rings. The number of thioether (sulfide) groups is 1. The van der Waals surface area contributed by atoms with Crippen molar-refractivity contribution < 1.29 is 13.2 Å². The molecule has 1 aromatic carbocycles. The van der Waals surface area contributed by atoms with Gasteiger partial charge < -0.3 is 4.57 Å². The first-order valence-corrected chi connectivity index (χ1v) is 9.65. The Labute approximate surface area is 160 Å². The summed E-state index contributed by atoms with van der Waals surface area (Å²) >= 11 is 1.46. The number of aromatic nitrogens is 3. The molecular weight excluding hydrogens is 395 g/mol. The Morgan fingerprint density at radius 1 is 1.22 bits per heavy atom. The summed E-state index contributed by atoms with van der Waals surface area (Å²) in [7, 11) is 1.85. The van der Waals surface area contributed by atoms with Crippen LogP contribution in [0.4, 0.5) is 13.2 Å². The predicted octanol–water partition coefficient (Wildman–Crippen LogP) is 4.92. The van der Waals surface area contributed by atoms with Crippen LogP contribution in [-0.4, -0.2) is 19.9 Å². The highest BCUT2D eigenvalue weighted by Gasteiger charge is 2.29. The van der Waals surface area contributed by atoms with Gasteiger partial charge in [-0.3, -0.25) is 4.79 Å². The first kappa shape index (κ1) is 18.1. The molecule has 4 aromatic rings. The zero-order valence-electron chi connectivity index (χ0n) is 14.4. The van der Waals surface area contributed by atoms with Crippen LogP contribution in [0.5, 0.6) is 0 Å². The lowest BCUT2D eigenvalue weighted by Crippen LogP contribution is -2.24. The molecule has 3 heterocycles. The number of nitrogens with zero attached hydrogens (tertiary/aromatic N) is 3. The van der Waals surface area contributed by atoms with Crippen LogP contribution >= 0.6 is 23.1 Å². The Morgan fingerprint density at radius 2 is 1.93 bits per heavy atom. The van der Waals surface area contributed by atoms with Crippen LogP contribution in [0, 0.1) is 6.92 Å². The van der Waals surface area contributed by atoms with Crippen LogP contribution in [0.3, 0.4) is 0 Å². The number of hydrogen-bond donors (Lipinski definition) is 0. The zero-order valence-corrected chi connectivity index (χ0v) is 16.0. The van der Waals surface area contributed by atoms with E-state index in [1.54, 1.807) is 29.7 Å². The number of aryl methyl sites for hydroxylation is 2. The van der Waals surface area contributed by atoms with Gasteiger partial charge in [0.25, 0.3) is 5.56 Å². The maximum absolute atomic E-state index is 12.9. The summed E-state index contributed by atoms with van der Waals surface area (Å²) in [6.45, 7) is 2.22. The average Bonchev–Trinajstić information content (AvgIpc) is 3.08. The minimum Gasteiger partial charge on any atom is -0.338 e. The number of hydrogen-bond acceptors (Lipinski definition) is 4. The van der Waals surface area contributed by atoms with E-state index in [-0.39, 0.29) is 28.8 Å². The van der Waals surface area contributed by atoms with Crippen molar-refractivity contribution in [3.63, 3.8) is 0 Å². The Morgan fingerprint density at radius 3 is 2.59 bits per heavy atom. The highest BCUT2D eigenvalue weighted by atomic mass is 32.2. The molecule has 4 rings (SSSR count). The van der Waals surface area contributed by atoms with E-state index in [1.807, 2.05) is 24.6 Å². The Kier molecular flexibility index (Phi) is 4.31. The topological polar surface area (TPSA) is 39.8 Å². The van der Waals surface area contributed by atoms with Crippen LogP contribution in [-0.2, 0) is 13.6 Å². The van der Waals surface area contributed by atoms with Gasteiger partial charge in [0.1, 0.15) is 5.52 Å². The average molecular weight is 409 g/mol. The van der Waals surface area contributed by atoms with Gasteiger partial charge >= 0.3 is 5.51 Å². The maximum atomic E-state index is 12.9. The molecule has 9 heteroatoms. The first-order chi connectivity index (χ1) is 12.7. The molecule has 0 N–H and O–H groups in total. The van der Waals surface area contributed by atoms with Gasteiger partial charge in [-0.25, -0.2) is 4.68 Å². The second kappa shape index (κ2) is 6.42. The van der Waals surface area contributed by atoms with Gasteiger partial charge in [0.2, 0.25) is 0 Å². The van der Waals surface area contributed by atoms with Gasteiger partial charge in [0.05, 0.1) is 23.0 Å². The summed E-state index contributed by atoms with van der Waals surface area (Å²) in [5.41, 5.74) is -2.25. The Bertz CT molecular complexity index is 1200. The summed E-state index contributed by atoms with van der Waals surface area (Å²) in [5.74, 6) is 0. The summed E-state index contributed by atoms with van der Waals surface area (Å²) in [6, 6.07) is 8.01. The minimum atomic E-state index is -4.32. The number of fused-ring (bicyclic) bond motifs is 3. The number of benzene rings is 1. The van der Waals surface area contributed by atoms with Gasteiger partial charge in [-0.15, -0.1) is 11.3 Å². The third-order valence-electron chi connectivity index (χ3n) is 4.28. The Balaban J connectivity index is 1.69. The molecular formula is C18H14F3N3OS2. The number of halogens is 3. The van der Waals surface area contributed by atoms with Gasteiger partial charge in [0, 0.05) is 22.2 Å². The van der Waals surface area contributed by atoms with Crippen LogP contribution in [0.2, 0.25) is 0 Å². The lowest BCUT2D eigenvalue weighted by molar-refractivity contribution is -0.0328. The third kappa shape index (κ3) is 3.37. The van der Waals surface area contributed by atoms with Crippen molar-refractivity contribution >= 4 is 44.2 Å². The molecule has 0 spiro atoms. The van der Waals surface area contributed by atoms with E-state index in [9.17, 15) is 18.0 Å². The van der Waals surface area contributed by atoms with Gasteiger partial charge in [-0.05, 0) is 42.4 Å². The summed E-state index contributed by atoms with van der Waals surface area (Å²) in [4.78, 5) is 14.2. The lowest BCUT2D eigenvalue weighted by Gasteiger charge is -2.08. The quantitative estimate of drug-likeness (QED) is 0.451. The third-order valence-corrected chi connectivity index (χ3v) is 6.10. The second-order valence-electron chi connectivity index (χ2n) is 6.19. The van der Waals surface area contributed by atoms with Crippen molar-refractivity contribution in [2.75, 3.05) is 0 Å². The number of alkyl halides is 3. The summed E-state index contributed by atoms with van der Waals surface area (Å²) < 4.78 is 41.5. The van der Waals surface area contributed by atoms with Crippen LogP contribution in [0.1, 0.15) is 10.4 Å². The SMILES string of the molecule is Cc1cc2c(s1)c1cnn(Cc3ccc(SC(F)(F)F)cc3)c(=O)c1n2C. The predicted molar refractivity (Wildman–Crippen MR) is 103 cm³/mol. The van der Waals surface area contributed by atoms with Crippen molar-refractivity contribution in [3.8, 4) is 0 Å². The minimum absolute atomic E-state index is 0.111. The largest absolute Gasteiger partial charge is 0.446 e. The fraction of sp³-hybridized carbons (Fsp3) is 0.222. The van der Waals surface area contributed by atoms with Gasteiger partial charge in [-0.2, -0.15) is 18.3 Å². The Hall–Kier alpha value is -2.26. The van der Waals surface area contributed by atoms with Crippen molar-refractivity contribution in [2.24, 2.45) is 7.05 Å². The molecule has 4 nitrogen and oxygen atoms in total. The number of rotatable bonds is 3. The van der Waals surface area contributed by atoms with E-state index in [1.165, 1.54) is 21.7 Å². The highest BCUT2D eigenvalue weighted by molar-refractivity contribution is 8.00. The van der Waals surface area contributed by atoms with E-state index in [0.29, 0.717) is 11.1 Å². The normalized spacial score (nSPS) is 12.3. The monoisotopic (exact) mass is 409 g/mol. The molecule has 0 amide bonds. The molecule has 0 bridgehead atoms. The summed E-state index contributed by atoms with van der Waals surface area (Å²) in [6.07, 6.45) is 1.68. The fourth-order valence-corrected chi connectivity index (χ4v) is 4.71. The fourth-order valence-electron chi connectivity index (χ4n) is 3.11. The smallest absolute Gasteiger partial charge is 0.338 e. The van der Waals surface area contributed by atoms with Crippen molar-refractivity contribution in [1.29, 1.82) is 0 Å². The van der Waals surface area contributed by atoms with Crippen LogP contribution < -0.4 is 5.56 Å². The molecule has 140 valence electrons. The van der Waals surface area contributed by atoms with Crippen molar-refractivity contribution in [1.82, 2.24) is 14.3 Å². The molecule has 0 aliphatic rings. The lowest BCUT2D eigenvalue weighted by atomic mass is 10.2. The molecule has 0 aliphatic heterocycles. The summed E-state index contributed by atoms with van der Waals surface area (Å²) in [5, 5.41) is 5.09. The number of thiophene rings is 1. The van der Waals surface area contributed by atoms with E-state index in [0.717, 1.165) is 15.6 Å². The van der Waals surface area contributed by atoms with Crippen molar-refractivity contribution in [2.45, 2.75) is 23.9 Å². The molecule has 0 aliphatic carbocycles. The second-order valence-corrected chi connectivity index (χ2v) is 8.59. The molecule has 0 unspecified atom stereocenters. The highest BCUT2D eigenvalue weighted by Crippen LogP contribution is 2.36. The standard InChI is InChI=1S/C18H14F3N3OS2/c1-10-7-14-16(26-10)13-8-22-24(17(25)15(13)23(14)2)9-11-3-5-12(6-4-11)27-18(19,20)21/h3-8H,9H2,1-2H3. The van der Waals surface area contributed by atoms with E-state index < -0.39 is 5.51 Å². The molecule has 3 aromatic heterocycles. The van der Waals surface area contributed by atoms with Gasteiger partial charge in [0.15, 0.2) is 0 Å². The van der Waals surface area contributed by atoms with E-state index in [2.05, 4.69) is 5.10 Å². The van der Waals surface area contributed by atoms with E-state index >= 15 is 0 Å². The molecule has 0 atom stereocenters. The molecule has 0 radical (unpaired) electrons. The van der Waals surface area contributed by atoms with Gasteiger partial charge in [-0.1, -0.05) is 12.1 Å². The molecule has 0 saturated heterocycles.